The first-order valence-corrected chi connectivity index (χ1v) is 8.73. The molecule has 2 amide bonds. The van der Waals surface area contributed by atoms with Crippen LogP contribution < -0.4 is 10.6 Å². The number of amides is 2. The Hall–Kier alpha value is -2.01. The largest absolute Gasteiger partial charge is 0.388 e. The summed E-state index contributed by atoms with van der Waals surface area (Å²) in [5.41, 5.74) is 1.08. The van der Waals surface area contributed by atoms with Crippen molar-refractivity contribution in [2.75, 3.05) is 11.9 Å². The number of anilines is 1. The Morgan fingerprint density at radius 1 is 1.25 bits per heavy atom. The quantitative estimate of drug-likeness (QED) is 0.718. The number of nitrogens with zero attached hydrogens (tertiary/aromatic N) is 1. The molecule has 24 heavy (non-hydrogen) atoms. The van der Waals surface area contributed by atoms with Crippen molar-refractivity contribution in [1.82, 2.24) is 9.88 Å². The second kappa shape index (κ2) is 7.71. The number of carbonyl (C=O) groups excluding carboxylic acids is 1. The number of fused-ring (bicyclic) bond motifs is 1. The van der Waals surface area contributed by atoms with Gasteiger partial charge in [0.25, 0.3) is 0 Å². The van der Waals surface area contributed by atoms with E-state index >= 15 is 0 Å². The van der Waals surface area contributed by atoms with E-state index in [1.165, 1.54) is 5.52 Å². The van der Waals surface area contributed by atoms with Gasteiger partial charge < -0.3 is 20.3 Å². The lowest BCUT2D eigenvalue weighted by Gasteiger charge is -2.25. The fourth-order valence-electron chi connectivity index (χ4n) is 2.75. The molecule has 0 radical (unpaired) electrons. The van der Waals surface area contributed by atoms with Crippen LogP contribution in [0.1, 0.15) is 40.5 Å². The van der Waals surface area contributed by atoms with E-state index in [-0.39, 0.29) is 12.6 Å². The van der Waals surface area contributed by atoms with Gasteiger partial charge in [-0.05, 0) is 43.0 Å². The summed E-state index contributed by atoms with van der Waals surface area (Å²) >= 11 is 0. The number of benzene rings is 1. The number of urea groups is 1. The monoisotopic (exact) mass is 331 g/mol. The van der Waals surface area contributed by atoms with Crippen molar-refractivity contribution in [2.45, 2.75) is 52.7 Å². The minimum Gasteiger partial charge on any atom is -0.388 e. The Morgan fingerprint density at radius 2 is 1.96 bits per heavy atom. The highest BCUT2D eigenvalue weighted by atomic mass is 16.3. The Bertz CT molecular complexity index is 687. The third-order valence-electron chi connectivity index (χ3n) is 4.48. The van der Waals surface area contributed by atoms with Crippen LogP contribution in [-0.2, 0) is 6.54 Å². The maximum Gasteiger partial charge on any atom is 0.319 e. The highest BCUT2D eigenvalue weighted by Gasteiger charge is 2.22. The van der Waals surface area contributed by atoms with Crippen molar-refractivity contribution in [3.05, 3.63) is 30.5 Å². The van der Waals surface area contributed by atoms with Crippen LogP contribution in [0.4, 0.5) is 10.5 Å². The van der Waals surface area contributed by atoms with Crippen molar-refractivity contribution in [3.63, 3.8) is 0 Å². The first-order valence-electron chi connectivity index (χ1n) is 8.73. The van der Waals surface area contributed by atoms with Crippen molar-refractivity contribution in [3.8, 4) is 0 Å². The van der Waals surface area contributed by atoms with Crippen molar-refractivity contribution < 1.29 is 9.90 Å². The van der Waals surface area contributed by atoms with Gasteiger partial charge in [0.05, 0.1) is 5.60 Å². The molecule has 1 heterocycles. The zero-order valence-corrected chi connectivity index (χ0v) is 15.1. The molecule has 5 heteroatoms. The Kier molecular flexibility index (Phi) is 5.89. The van der Waals surface area contributed by atoms with Crippen LogP contribution in [0.2, 0.25) is 0 Å². The maximum absolute atomic E-state index is 12.0. The highest BCUT2D eigenvalue weighted by molar-refractivity contribution is 5.93. The number of nitrogens with one attached hydrogen (secondary N) is 2. The summed E-state index contributed by atoms with van der Waals surface area (Å²) in [5, 5.41) is 16.9. The van der Waals surface area contributed by atoms with Gasteiger partial charge in [-0.1, -0.05) is 27.7 Å². The Balaban J connectivity index is 2.01. The SMILES string of the molecule is CCC(O)(CC)CNC(=O)Nc1ccc2c(ccn2CC(C)C)c1. The van der Waals surface area contributed by atoms with Gasteiger partial charge in [0, 0.05) is 35.9 Å². The summed E-state index contributed by atoms with van der Waals surface area (Å²) in [6.07, 6.45) is 3.30. The van der Waals surface area contributed by atoms with Crippen molar-refractivity contribution in [1.29, 1.82) is 0 Å². The first-order chi connectivity index (χ1) is 11.4. The third kappa shape index (κ3) is 4.51. The lowest BCUT2D eigenvalue weighted by Crippen LogP contribution is -2.43. The number of aliphatic hydroxyl groups is 1. The summed E-state index contributed by atoms with van der Waals surface area (Å²) in [7, 11) is 0. The molecule has 1 aromatic carbocycles. The zero-order valence-electron chi connectivity index (χ0n) is 15.1. The van der Waals surface area contributed by atoms with Crippen LogP contribution >= 0.6 is 0 Å². The number of hydrogen-bond acceptors (Lipinski definition) is 2. The minimum atomic E-state index is -0.838. The molecule has 132 valence electrons. The molecule has 5 nitrogen and oxygen atoms in total. The van der Waals surface area contributed by atoms with Gasteiger partial charge in [-0.25, -0.2) is 4.79 Å². The molecule has 0 saturated carbocycles. The molecule has 0 unspecified atom stereocenters. The van der Waals surface area contributed by atoms with Crippen LogP contribution in [0.15, 0.2) is 30.5 Å². The van der Waals surface area contributed by atoms with E-state index in [0.29, 0.717) is 18.8 Å². The maximum atomic E-state index is 12.0. The molecular formula is C19H29N3O2. The van der Waals surface area contributed by atoms with Crippen LogP contribution in [0.3, 0.4) is 0 Å². The Morgan fingerprint density at radius 3 is 2.58 bits per heavy atom. The third-order valence-corrected chi connectivity index (χ3v) is 4.48. The molecule has 0 bridgehead atoms. The molecule has 2 rings (SSSR count). The van der Waals surface area contributed by atoms with Gasteiger partial charge in [0.1, 0.15) is 0 Å². The molecule has 0 saturated heterocycles. The normalized spacial score (nSPS) is 11.9. The second-order valence-corrected chi connectivity index (χ2v) is 6.87. The van der Waals surface area contributed by atoms with E-state index in [1.807, 2.05) is 32.0 Å². The smallest absolute Gasteiger partial charge is 0.319 e. The lowest BCUT2D eigenvalue weighted by atomic mass is 9.98. The molecule has 0 spiro atoms. The van der Waals surface area contributed by atoms with Crippen LogP contribution in [0, 0.1) is 5.92 Å². The molecule has 3 N–H and O–H groups in total. The van der Waals surface area contributed by atoms with E-state index in [4.69, 9.17) is 0 Å². The van der Waals surface area contributed by atoms with Gasteiger partial charge in [-0.15, -0.1) is 0 Å². The van der Waals surface area contributed by atoms with Crippen molar-refractivity contribution >= 4 is 22.6 Å². The predicted molar refractivity (Wildman–Crippen MR) is 99.3 cm³/mol. The standard InChI is InChI=1S/C19H29N3O2/c1-5-19(24,6-2)13-20-18(23)21-16-7-8-17-15(11-16)9-10-22(17)12-14(3)4/h7-11,14,24H,5-6,12-13H2,1-4H3,(H2,20,21,23). The van der Waals surface area contributed by atoms with Crippen LogP contribution in [-0.4, -0.2) is 27.9 Å². The number of carbonyl (C=O) groups is 1. The molecule has 0 aliphatic rings. The summed E-state index contributed by atoms with van der Waals surface area (Å²) < 4.78 is 2.23. The highest BCUT2D eigenvalue weighted by Crippen LogP contribution is 2.21. The molecule has 0 aliphatic heterocycles. The summed E-state index contributed by atoms with van der Waals surface area (Å²) in [6.45, 7) is 9.44. The topological polar surface area (TPSA) is 66.3 Å². The lowest BCUT2D eigenvalue weighted by molar-refractivity contribution is 0.0354. The molecule has 0 fully saturated rings. The second-order valence-electron chi connectivity index (χ2n) is 6.87. The molecule has 1 aromatic heterocycles. The fourth-order valence-corrected chi connectivity index (χ4v) is 2.75. The van der Waals surface area contributed by atoms with E-state index in [2.05, 4.69) is 41.3 Å². The zero-order chi connectivity index (χ0) is 17.7. The van der Waals surface area contributed by atoms with Gasteiger partial charge in [-0.3, -0.25) is 0 Å². The van der Waals surface area contributed by atoms with E-state index in [0.717, 1.165) is 17.6 Å². The molecule has 0 aliphatic carbocycles. The first kappa shape index (κ1) is 18.3. The average Bonchev–Trinajstić information content (AvgIpc) is 2.94. The van der Waals surface area contributed by atoms with Gasteiger partial charge in [0.2, 0.25) is 0 Å². The summed E-state index contributed by atoms with van der Waals surface area (Å²) in [6, 6.07) is 7.67. The summed E-state index contributed by atoms with van der Waals surface area (Å²) in [4.78, 5) is 12.0. The van der Waals surface area contributed by atoms with E-state index < -0.39 is 5.60 Å². The molecule has 0 atom stereocenters. The van der Waals surface area contributed by atoms with Gasteiger partial charge in [0.15, 0.2) is 0 Å². The fraction of sp³-hybridized carbons (Fsp3) is 0.526. The summed E-state index contributed by atoms with van der Waals surface area (Å²) in [5.74, 6) is 0.583. The van der Waals surface area contributed by atoms with E-state index in [9.17, 15) is 9.90 Å². The van der Waals surface area contributed by atoms with Gasteiger partial charge >= 0.3 is 6.03 Å². The van der Waals surface area contributed by atoms with Gasteiger partial charge in [-0.2, -0.15) is 0 Å². The molecular weight excluding hydrogens is 302 g/mol. The van der Waals surface area contributed by atoms with Crippen molar-refractivity contribution in [2.24, 2.45) is 5.92 Å². The van der Waals surface area contributed by atoms with E-state index in [1.54, 1.807) is 0 Å². The predicted octanol–water partition coefficient (Wildman–Crippen LogP) is 3.97. The number of rotatable bonds is 7. The number of aromatic nitrogens is 1. The number of hydrogen-bond donors (Lipinski definition) is 3. The Labute approximate surface area is 144 Å². The van der Waals surface area contributed by atoms with Crippen LogP contribution in [0.25, 0.3) is 10.9 Å². The molecule has 2 aromatic rings. The minimum absolute atomic E-state index is 0.249. The van der Waals surface area contributed by atoms with Crippen LogP contribution in [0.5, 0.6) is 0 Å². The average molecular weight is 331 g/mol.